The highest BCUT2D eigenvalue weighted by Gasteiger charge is 2.43. The van der Waals surface area contributed by atoms with Crippen molar-refractivity contribution in [2.24, 2.45) is 11.8 Å². The summed E-state index contributed by atoms with van der Waals surface area (Å²) in [5.74, 6) is -1.10. The van der Waals surface area contributed by atoms with Crippen LogP contribution in [0.5, 0.6) is 5.75 Å². The van der Waals surface area contributed by atoms with Gasteiger partial charge in [0.25, 0.3) is 0 Å². The fraction of sp³-hybridized carbons (Fsp3) is 0.474. The maximum absolute atomic E-state index is 14.2. The zero-order chi connectivity index (χ0) is 19.0. The molecule has 27 heavy (non-hydrogen) atoms. The monoisotopic (exact) mass is 439 g/mol. The third-order valence-electron chi connectivity index (χ3n) is 5.10. The second-order valence-corrected chi connectivity index (χ2v) is 7.90. The number of anilines is 1. The molecule has 3 heterocycles. The molecule has 2 saturated heterocycles. The molecule has 0 spiro atoms. The molecule has 2 aliphatic heterocycles. The standard InChI is InChI=1S/C19H20BrF2N3O2/c1-2-11-5-23-19(24-6-11)25-7-12-9-26-10-13(8-25)17(12)27-18-15(21)3-14(20)4-16(18)22/h3-6,12-13,17H,2,7-10H2,1H3. The smallest absolute Gasteiger partial charge is 0.225 e. The molecule has 5 nitrogen and oxygen atoms in total. The molecule has 2 atom stereocenters. The minimum atomic E-state index is -0.707. The molecule has 0 amide bonds. The largest absolute Gasteiger partial charge is 0.483 e. The average Bonchev–Trinajstić information content (AvgIpc) is 2.64. The van der Waals surface area contributed by atoms with E-state index in [1.165, 1.54) is 12.1 Å². The number of halogens is 3. The number of hydrogen-bond donors (Lipinski definition) is 0. The summed E-state index contributed by atoms with van der Waals surface area (Å²) in [6.07, 6.45) is 4.25. The Labute approximate surface area is 164 Å². The van der Waals surface area contributed by atoms with E-state index < -0.39 is 11.6 Å². The second-order valence-electron chi connectivity index (χ2n) is 6.99. The topological polar surface area (TPSA) is 47.5 Å². The summed E-state index contributed by atoms with van der Waals surface area (Å²) < 4.78 is 40.2. The molecule has 0 radical (unpaired) electrons. The van der Waals surface area contributed by atoms with Crippen LogP contribution in [0.15, 0.2) is 29.0 Å². The van der Waals surface area contributed by atoms with Crippen molar-refractivity contribution < 1.29 is 18.3 Å². The lowest BCUT2D eigenvalue weighted by Crippen LogP contribution is -2.58. The van der Waals surface area contributed by atoms with Gasteiger partial charge in [0.05, 0.1) is 13.2 Å². The van der Waals surface area contributed by atoms with Gasteiger partial charge in [0.1, 0.15) is 6.10 Å². The first-order valence-corrected chi connectivity index (χ1v) is 9.79. The highest BCUT2D eigenvalue weighted by molar-refractivity contribution is 9.10. The number of aromatic nitrogens is 2. The van der Waals surface area contributed by atoms with E-state index in [-0.39, 0.29) is 23.7 Å². The second kappa shape index (κ2) is 7.67. The van der Waals surface area contributed by atoms with Crippen molar-refractivity contribution in [3.8, 4) is 5.75 Å². The van der Waals surface area contributed by atoms with E-state index in [1.54, 1.807) is 0 Å². The van der Waals surface area contributed by atoms with Gasteiger partial charge in [0.15, 0.2) is 17.4 Å². The molecule has 8 heteroatoms. The van der Waals surface area contributed by atoms with Gasteiger partial charge in [-0.1, -0.05) is 22.9 Å². The summed E-state index contributed by atoms with van der Waals surface area (Å²) in [4.78, 5) is 11.0. The van der Waals surface area contributed by atoms with Crippen LogP contribution in [0.2, 0.25) is 0 Å². The van der Waals surface area contributed by atoms with E-state index in [4.69, 9.17) is 9.47 Å². The van der Waals surface area contributed by atoms with Crippen LogP contribution in [0.1, 0.15) is 12.5 Å². The van der Waals surface area contributed by atoms with Gasteiger partial charge in [-0.15, -0.1) is 0 Å². The Kier molecular flexibility index (Phi) is 5.27. The van der Waals surface area contributed by atoms with Crippen molar-refractivity contribution in [1.82, 2.24) is 9.97 Å². The van der Waals surface area contributed by atoms with E-state index in [0.29, 0.717) is 36.7 Å². The zero-order valence-corrected chi connectivity index (χ0v) is 16.5. The highest BCUT2D eigenvalue weighted by Crippen LogP contribution is 2.35. The number of hydrogen-bond acceptors (Lipinski definition) is 5. The van der Waals surface area contributed by atoms with Gasteiger partial charge >= 0.3 is 0 Å². The van der Waals surface area contributed by atoms with Crippen molar-refractivity contribution >= 4 is 21.9 Å². The van der Waals surface area contributed by atoms with Crippen molar-refractivity contribution in [1.29, 1.82) is 0 Å². The lowest BCUT2D eigenvalue weighted by atomic mass is 9.84. The van der Waals surface area contributed by atoms with E-state index in [9.17, 15) is 8.78 Å². The first kappa shape index (κ1) is 18.6. The molecular formula is C19H20BrF2N3O2. The summed E-state index contributed by atoms with van der Waals surface area (Å²) in [7, 11) is 0. The average molecular weight is 440 g/mol. The molecule has 144 valence electrons. The van der Waals surface area contributed by atoms with Crippen LogP contribution in [-0.2, 0) is 11.2 Å². The third kappa shape index (κ3) is 3.78. The van der Waals surface area contributed by atoms with Crippen molar-refractivity contribution in [3.63, 3.8) is 0 Å². The van der Waals surface area contributed by atoms with Crippen LogP contribution in [-0.4, -0.2) is 42.4 Å². The Bertz CT molecular complexity index is 784. The summed E-state index contributed by atoms with van der Waals surface area (Å²) >= 11 is 3.09. The number of aryl methyl sites for hydroxylation is 1. The molecule has 2 bridgehead atoms. The quantitative estimate of drug-likeness (QED) is 0.727. The van der Waals surface area contributed by atoms with E-state index in [1.807, 2.05) is 12.4 Å². The molecule has 1 aromatic carbocycles. The Balaban J connectivity index is 1.53. The summed E-state index contributed by atoms with van der Waals surface area (Å²) in [5.41, 5.74) is 1.08. The summed E-state index contributed by atoms with van der Waals surface area (Å²) in [6, 6.07) is 2.42. The predicted octanol–water partition coefficient (Wildman–Crippen LogP) is 3.61. The van der Waals surface area contributed by atoms with Gasteiger partial charge in [-0.3, -0.25) is 0 Å². The van der Waals surface area contributed by atoms with Crippen molar-refractivity contribution in [2.75, 3.05) is 31.2 Å². The highest BCUT2D eigenvalue weighted by atomic mass is 79.9. The van der Waals surface area contributed by atoms with Crippen LogP contribution in [0, 0.1) is 23.5 Å². The Morgan fingerprint density at radius 3 is 2.30 bits per heavy atom. The molecular weight excluding hydrogens is 420 g/mol. The molecule has 0 aliphatic carbocycles. The molecule has 0 N–H and O–H groups in total. The van der Waals surface area contributed by atoms with Crippen LogP contribution in [0.3, 0.4) is 0 Å². The lowest BCUT2D eigenvalue weighted by Gasteiger charge is -2.46. The molecule has 2 fully saturated rings. The van der Waals surface area contributed by atoms with Gasteiger partial charge in [-0.05, 0) is 24.1 Å². The summed E-state index contributed by atoms with van der Waals surface area (Å²) in [5, 5.41) is 0. The number of piperidine rings is 1. The van der Waals surface area contributed by atoms with E-state index in [2.05, 4.69) is 37.7 Å². The first-order chi connectivity index (χ1) is 13.0. The van der Waals surface area contributed by atoms with Crippen molar-refractivity contribution in [2.45, 2.75) is 19.4 Å². The number of ether oxygens (including phenoxy) is 2. The number of benzene rings is 1. The lowest BCUT2D eigenvalue weighted by molar-refractivity contribution is -0.0777. The number of nitrogens with zero attached hydrogens (tertiary/aromatic N) is 3. The van der Waals surface area contributed by atoms with Crippen molar-refractivity contribution in [3.05, 3.63) is 46.2 Å². The molecule has 2 unspecified atom stereocenters. The molecule has 4 rings (SSSR count). The molecule has 2 aromatic rings. The van der Waals surface area contributed by atoms with E-state index in [0.717, 1.165) is 12.0 Å². The number of fused-ring (bicyclic) bond motifs is 2. The maximum atomic E-state index is 14.2. The van der Waals surface area contributed by atoms with Gasteiger partial charge in [-0.2, -0.15) is 0 Å². The fourth-order valence-corrected chi connectivity index (χ4v) is 4.13. The minimum Gasteiger partial charge on any atom is -0.483 e. The third-order valence-corrected chi connectivity index (χ3v) is 5.56. The van der Waals surface area contributed by atoms with Crippen LogP contribution < -0.4 is 9.64 Å². The van der Waals surface area contributed by atoms with Crippen LogP contribution >= 0.6 is 15.9 Å². The van der Waals surface area contributed by atoms with E-state index >= 15 is 0 Å². The predicted molar refractivity (Wildman–Crippen MR) is 99.9 cm³/mol. The first-order valence-electron chi connectivity index (χ1n) is 9.00. The SMILES string of the molecule is CCc1cnc(N2CC3COCC(C2)C3Oc2c(F)cc(Br)cc2F)nc1. The van der Waals surface area contributed by atoms with Crippen LogP contribution in [0.4, 0.5) is 14.7 Å². The Hall–Kier alpha value is -1.80. The van der Waals surface area contributed by atoms with Gasteiger partial charge < -0.3 is 14.4 Å². The fourth-order valence-electron chi connectivity index (χ4n) is 3.73. The maximum Gasteiger partial charge on any atom is 0.225 e. The molecule has 1 aromatic heterocycles. The molecule has 2 aliphatic rings. The van der Waals surface area contributed by atoms with Crippen LogP contribution in [0.25, 0.3) is 0 Å². The van der Waals surface area contributed by atoms with Gasteiger partial charge in [-0.25, -0.2) is 18.7 Å². The van der Waals surface area contributed by atoms with Gasteiger partial charge in [0, 0.05) is 41.8 Å². The minimum absolute atomic E-state index is 0.0191. The zero-order valence-electron chi connectivity index (χ0n) is 14.9. The Morgan fingerprint density at radius 1 is 1.15 bits per heavy atom. The summed E-state index contributed by atoms with van der Waals surface area (Å²) in [6.45, 7) is 4.25. The molecule has 0 saturated carbocycles. The Morgan fingerprint density at radius 2 is 1.74 bits per heavy atom. The van der Waals surface area contributed by atoms with Gasteiger partial charge in [0.2, 0.25) is 5.95 Å². The number of rotatable bonds is 4. The normalized spacial score (nSPS) is 24.7.